The predicted molar refractivity (Wildman–Crippen MR) is 117 cm³/mol. The van der Waals surface area contributed by atoms with Crippen molar-refractivity contribution in [2.75, 3.05) is 6.61 Å². The molecule has 0 heterocycles. The molecular formula is C23H29Cl2NO2. The van der Waals surface area contributed by atoms with Gasteiger partial charge in [0.1, 0.15) is 6.61 Å². The first-order valence-corrected chi connectivity index (χ1v) is 11.0. The minimum Gasteiger partial charge on any atom is -0.490 e. The molecular weight excluding hydrogens is 393 g/mol. The van der Waals surface area contributed by atoms with Gasteiger partial charge in [0.05, 0.1) is 11.6 Å². The summed E-state index contributed by atoms with van der Waals surface area (Å²) in [6.07, 6.45) is 7.87. The quantitative estimate of drug-likeness (QED) is 0.476. The molecule has 3 rings (SSSR count). The molecule has 0 aromatic heterocycles. The largest absolute Gasteiger partial charge is 0.490 e. The van der Waals surface area contributed by atoms with Crippen molar-refractivity contribution < 1.29 is 9.47 Å². The van der Waals surface area contributed by atoms with E-state index >= 15 is 0 Å². The zero-order chi connectivity index (χ0) is 19.8. The zero-order valence-electron chi connectivity index (χ0n) is 16.5. The van der Waals surface area contributed by atoms with E-state index in [1.807, 2.05) is 43.3 Å². The molecule has 1 saturated carbocycles. The van der Waals surface area contributed by atoms with Gasteiger partial charge in [0, 0.05) is 17.6 Å². The lowest BCUT2D eigenvalue weighted by Gasteiger charge is -2.18. The Labute approximate surface area is 178 Å². The average Bonchev–Trinajstić information content (AvgIpc) is 2.96. The van der Waals surface area contributed by atoms with Crippen LogP contribution in [-0.2, 0) is 13.2 Å². The standard InChI is InChI=1S/C23H29Cl2NO2/c1-2-27-22-14-18(15-26-20-7-5-3-4-6-8-20)13-21(25)23(22)28-16-17-9-11-19(24)12-10-17/h9-14,20,26H,2-8,15-16H2,1H3. The molecule has 5 heteroatoms. The monoisotopic (exact) mass is 421 g/mol. The van der Waals surface area contributed by atoms with Crippen LogP contribution in [0.3, 0.4) is 0 Å². The molecule has 3 nitrogen and oxygen atoms in total. The molecule has 1 aliphatic carbocycles. The second-order valence-corrected chi connectivity index (χ2v) is 8.17. The molecule has 1 fully saturated rings. The van der Waals surface area contributed by atoms with Gasteiger partial charge in [-0.15, -0.1) is 0 Å². The van der Waals surface area contributed by atoms with Crippen molar-refractivity contribution >= 4 is 23.2 Å². The third-order valence-electron chi connectivity index (χ3n) is 5.12. The first kappa shape index (κ1) is 21.3. The summed E-state index contributed by atoms with van der Waals surface area (Å²) in [4.78, 5) is 0. The summed E-state index contributed by atoms with van der Waals surface area (Å²) in [5.74, 6) is 1.29. The fourth-order valence-electron chi connectivity index (χ4n) is 3.61. The molecule has 1 aliphatic rings. The Morgan fingerprint density at radius 3 is 2.32 bits per heavy atom. The lowest BCUT2D eigenvalue weighted by Crippen LogP contribution is -2.27. The van der Waals surface area contributed by atoms with Crippen molar-refractivity contribution in [3.8, 4) is 11.5 Å². The summed E-state index contributed by atoms with van der Waals surface area (Å²) in [6, 6.07) is 12.2. The predicted octanol–water partition coefficient (Wildman–Crippen LogP) is 6.78. The summed E-state index contributed by atoms with van der Waals surface area (Å²) in [6.45, 7) is 3.74. The number of hydrogen-bond acceptors (Lipinski definition) is 3. The molecule has 0 unspecified atom stereocenters. The molecule has 0 amide bonds. The van der Waals surface area contributed by atoms with Gasteiger partial charge in [-0.05, 0) is 55.2 Å². The number of nitrogens with one attached hydrogen (secondary N) is 1. The van der Waals surface area contributed by atoms with E-state index in [-0.39, 0.29) is 0 Å². The molecule has 28 heavy (non-hydrogen) atoms. The highest BCUT2D eigenvalue weighted by Gasteiger charge is 2.15. The maximum Gasteiger partial charge on any atom is 0.180 e. The number of benzene rings is 2. The molecule has 0 bridgehead atoms. The highest BCUT2D eigenvalue weighted by molar-refractivity contribution is 6.32. The number of halogens is 2. The van der Waals surface area contributed by atoms with Crippen LogP contribution >= 0.6 is 23.2 Å². The van der Waals surface area contributed by atoms with E-state index in [0.717, 1.165) is 17.7 Å². The highest BCUT2D eigenvalue weighted by Crippen LogP contribution is 2.37. The van der Waals surface area contributed by atoms with Gasteiger partial charge in [0.15, 0.2) is 11.5 Å². The van der Waals surface area contributed by atoms with Crippen LogP contribution in [0.5, 0.6) is 11.5 Å². The zero-order valence-corrected chi connectivity index (χ0v) is 18.0. The summed E-state index contributed by atoms with van der Waals surface area (Å²) >= 11 is 12.5. The van der Waals surface area contributed by atoms with Crippen molar-refractivity contribution in [1.29, 1.82) is 0 Å². The number of rotatable bonds is 8. The highest BCUT2D eigenvalue weighted by atomic mass is 35.5. The molecule has 0 radical (unpaired) electrons. The Morgan fingerprint density at radius 1 is 0.929 bits per heavy atom. The van der Waals surface area contributed by atoms with Crippen molar-refractivity contribution in [1.82, 2.24) is 5.32 Å². The Hall–Kier alpha value is -1.42. The van der Waals surface area contributed by atoms with Crippen molar-refractivity contribution in [2.24, 2.45) is 0 Å². The molecule has 0 saturated heterocycles. The van der Waals surface area contributed by atoms with E-state index in [2.05, 4.69) is 5.32 Å². The average molecular weight is 422 g/mol. The van der Waals surface area contributed by atoms with Gasteiger partial charge in [-0.3, -0.25) is 0 Å². The van der Waals surface area contributed by atoms with Crippen LogP contribution in [0, 0.1) is 0 Å². The van der Waals surface area contributed by atoms with Crippen LogP contribution in [0.1, 0.15) is 56.6 Å². The normalized spacial score (nSPS) is 15.2. The van der Waals surface area contributed by atoms with Gasteiger partial charge in [0.25, 0.3) is 0 Å². The SMILES string of the molecule is CCOc1cc(CNC2CCCCCC2)cc(Cl)c1OCc1ccc(Cl)cc1. The summed E-state index contributed by atoms with van der Waals surface area (Å²) in [7, 11) is 0. The minimum atomic E-state index is 0.413. The fourth-order valence-corrected chi connectivity index (χ4v) is 4.02. The topological polar surface area (TPSA) is 30.5 Å². The van der Waals surface area contributed by atoms with Crippen molar-refractivity contribution in [3.63, 3.8) is 0 Å². The van der Waals surface area contributed by atoms with Gasteiger partial charge in [0.2, 0.25) is 0 Å². The second-order valence-electron chi connectivity index (χ2n) is 7.32. The maximum atomic E-state index is 6.56. The number of hydrogen-bond donors (Lipinski definition) is 1. The van der Waals surface area contributed by atoms with Crippen molar-refractivity contribution in [3.05, 3.63) is 57.6 Å². The lowest BCUT2D eigenvalue weighted by atomic mass is 10.1. The second kappa shape index (κ2) is 10.9. The van der Waals surface area contributed by atoms with Gasteiger partial charge in [-0.25, -0.2) is 0 Å². The molecule has 0 spiro atoms. The van der Waals surface area contributed by atoms with E-state index in [9.17, 15) is 0 Å². The molecule has 0 aliphatic heterocycles. The summed E-state index contributed by atoms with van der Waals surface area (Å²) in [5.41, 5.74) is 2.15. The van der Waals surface area contributed by atoms with Crippen LogP contribution in [0.25, 0.3) is 0 Å². The molecule has 2 aromatic carbocycles. The van der Waals surface area contributed by atoms with Crippen LogP contribution < -0.4 is 14.8 Å². The minimum absolute atomic E-state index is 0.413. The van der Waals surface area contributed by atoms with Gasteiger partial charge >= 0.3 is 0 Å². The first-order valence-electron chi connectivity index (χ1n) is 10.2. The Balaban J connectivity index is 1.67. The smallest absolute Gasteiger partial charge is 0.180 e. The Morgan fingerprint density at radius 2 is 1.64 bits per heavy atom. The summed E-state index contributed by atoms with van der Waals surface area (Å²) in [5, 5.41) is 4.98. The number of ether oxygens (including phenoxy) is 2. The van der Waals surface area contributed by atoms with Crippen molar-refractivity contribution in [2.45, 2.75) is 64.6 Å². The van der Waals surface area contributed by atoms with Crippen LogP contribution in [0.2, 0.25) is 10.0 Å². The van der Waals surface area contributed by atoms with Crippen LogP contribution in [0.15, 0.2) is 36.4 Å². The Kier molecular flexibility index (Phi) is 8.32. The lowest BCUT2D eigenvalue weighted by molar-refractivity contribution is 0.269. The van der Waals surface area contributed by atoms with E-state index in [4.69, 9.17) is 32.7 Å². The summed E-state index contributed by atoms with van der Waals surface area (Å²) < 4.78 is 11.8. The molecule has 0 atom stereocenters. The third kappa shape index (κ3) is 6.30. The molecule has 2 aromatic rings. The third-order valence-corrected chi connectivity index (χ3v) is 5.65. The van der Waals surface area contributed by atoms with E-state index in [1.165, 1.54) is 38.5 Å². The van der Waals surface area contributed by atoms with E-state index < -0.39 is 0 Å². The molecule has 1 N–H and O–H groups in total. The van der Waals surface area contributed by atoms with E-state index in [1.54, 1.807) is 0 Å². The van der Waals surface area contributed by atoms with Crippen LogP contribution in [0.4, 0.5) is 0 Å². The van der Waals surface area contributed by atoms with Gasteiger partial charge in [-0.2, -0.15) is 0 Å². The van der Waals surface area contributed by atoms with Gasteiger partial charge in [-0.1, -0.05) is 61.0 Å². The van der Waals surface area contributed by atoms with E-state index in [0.29, 0.717) is 40.8 Å². The Bertz CT molecular complexity index is 741. The van der Waals surface area contributed by atoms with Gasteiger partial charge < -0.3 is 14.8 Å². The first-order chi connectivity index (χ1) is 13.7. The fraction of sp³-hybridized carbons (Fsp3) is 0.478. The molecule has 152 valence electrons. The maximum absolute atomic E-state index is 6.56. The van der Waals surface area contributed by atoms with Crippen LogP contribution in [-0.4, -0.2) is 12.6 Å².